The maximum Gasteiger partial charge on any atom is 0.297 e. The number of anilines is 1. The molecule has 6 nitrogen and oxygen atoms in total. The minimum Gasteiger partial charge on any atom is -0.337 e. The summed E-state index contributed by atoms with van der Waals surface area (Å²) in [6.45, 7) is 0.930. The van der Waals surface area contributed by atoms with Gasteiger partial charge in [-0.05, 0) is 53.5 Å². The number of carbonyl (C=O) groups excluding carboxylic acids is 1. The maximum absolute atomic E-state index is 12.2. The van der Waals surface area contributed by atoms with Crippen LogP contribution in [0.3, 0.4) is 0 Å². The van der Waals surface area contributed by atoms with E-state index in [9.17, 15) is 4.79 Å². The first kappa shape index (κ1) is 14.7. The highest BCUT2D eigenvalue weighted by Crippen LogP contribution is 2.27. The van der Waals surface area contributed by atoms with Crippen molar-refractivity contribution in [2.24, 2.45) is 0 Å². The molecule has 2 aromatic rings. The number of hydrogen-bond donors (Lipinski definition) is 2. The van der Waals surface area contributed by atoms with E-state index in [2.05, 4.69) is 52.6 Å². The Hall–Kier alpha value is -1.25. The van der Waals surface area contributed by atoms with E-state index in [4.69, 9.17) is 4.52 Å². The fourth-order valence-corrected chi connectivity index (χ4v) is 2.84. The molecule has 0 bridgehead atoms. The third-order valence-electron chi connectivity index (χ3n) is 3.18. The summed E-state index contributed by atoms with van der Waals surface area (Å²) in [4.78, 5) is 16.3. The van der Waals surface area contributed by atoms with Crippen LogP contribution >= 0.6 is 31.9 Å². The molecule has 1 unspecified atom stereocenters. The van der Waals surface area contributed by atoms with Gasteiger partial charge < -0.3 is 15.2 Å². The number of aromatic nitrogens is 2. The van der Waals surface area contributed by atoms with Crippen LogP contribution in [-0.4, -0.2) is 22.6 Å². The number of amides is 1. The highest BCUT2D eigenvalue weighted by Gasteiger charge is 2.24. The lowest BCUT2D eigenvalue weighted by molar-refractivity contribution is 0.101. The predicted octanol–water partition coefficient (Wildman–Crippen LogP) is 3.27. The van der Waals surface area contributed by atoms with Crippen molar-refractivity contribution in [3.8, 4) is 0 Å². The fraction of sp³-hybridized carbons (Fsp3) is 0.308. The lowest BCUT2D eigenvalue weighted by Crippen LogP contribution is -2.16. The van der Waals surface area contributed by atoms with Gasteiger partial charge in [0.1, 0.15) is 0 Å². The normalized spacial score (nSPS) is 17.9. The number of benzene rings is 1. The lowest BCUT2D eigenvalue weighted by Gasteiger charge is -2.05. The summed E-state index contributed by atoms with van der Waals surface area (Å²) >= 11 is 6.74. The molecular weight excluding hydrogens is 404 g/mol. The van der Waals surface area contributed by atoms with E-state index in [1.165, 1.54) is 0 Å². The SMILES string of the molecule is O=C(Nc1cc(Br)ccc1Br)c1noc(C2CCCN2)n1. The molecule has 1 aliphatic heterocycles. The molecule has 1 aliphatic rings. The van der Waals surface area contributed by atoms with Crippen LogP contribution < -0.4 is 10.6 Å². The second kappa shape index (κ2) is 6.25. The molecule has 1 aromatic heterocycles. The van der Waals surface area contributed by atoms with Crippen LogP contribution in [0.4, 0.5) is 5.69 Å². The lowest BCUT2D eigenvalue weighted by atomic mass is 10.2. The predicted molar refractivity (Wildman–Crippen MR) is 84.1 cm³/mol. The summed E-state index contributed by atoms with van der Waals surface area (Å²) in [7, 11) is 0. The van der Waals surface area contributed by atoms with Gasteiger partial charge in [-0.3, -0.25) is 4.79 Å². The van der Waals surface area contributed by atoms with E-state index in [0.717, 1.165) is 28.3 Å². The van der Waals surface area contributed by atoms with Gasteiger partial charge >= 0.3 is 0 Å². The van der Waals surface area contributed by atoms with Gasteiger partial charge in [0, 0.05) is 8.95 Å². The minimum atomic E-state index is -0.401. The molecule has 1 fully saturated rings. The van der Waals surface area contributed by atoms with Crippen molar-refractivity contribution >= 4 is 43.5 Å². The van der Waals surface area contributed by atoms with E-state index >= 15 is 0 Å². The first-order valence-corrected chi connectivity index (χ1v) is 8.05. The zero-order valence-electron chi connectivity index (χ0n) is 10.9. The zero-order valence-corrected chi connectivity index (χ0v) is 14.1. The van der Waals surface area contributed by atoms with E-state index < -0.39 is 5.91 Å². The van der Waals surface area contributed by atoms with Crippen molar-refractivity contribution in [3.05, 3.63) is 38.9 Å². The number of nitrogens with zero attached hydrogens (tertiary/aromatic N) is 2. The number of rotatable bonds is 3. The van der Waals surface area contributed by atoms with Crippen molar-refractivity contribution in [2.75, 3.05) is 11.9 Å². The molecule has 0 aliphatic carbocycles. The standard InChI is InChI=1S/C13H12Br2N4O2/c14-7-3-4-8(15)10(6-7)17-12(20)11-18-13(21-19-11)9-2-1-5-16-9/h3-4,6,9,16H,1-2,5H2,(H,17,20). The summed E-state index contributed by atoms with van der Waals surface area (Å²) in [5.41, 5.74) is 0.639. The smallest absolute Gasteiger partial charge is 0.297 e. The number of hydrogen-bond acceptors (Lipinski definition) is 5. The minimum absolute atomic E-state index is 0.0329. The largest absolute Gasteiger partial charge is 0.337 e. The molecule has 1 atom stereocenters. The average Bonchev–Trinajstić information content (AvgIpc) is 3.12. The van der Waals surface area contributed by atoms with Gasteiger partial charge in [0.2, 0.25) is 5.89 Å². The Morgan fingerprint density at radius 3 is 3.05 bits per heavy atom. The topological polar surface area (TPSA) is 80.0 Å². The Balaban J connectivity index is 1.74. The number of nitrogens with one attached hydrogen (secondary N) is 2. The highest BCUT2D eigenvalue weighted by atomic mass is 79.9. The molecule has 21 heavy (non-hydrogen) atoms. The summed E-state index contributed by atoms with van der Waals surface area (Å²) in [5.74, 6) is 0.0957. The van der Waals surface area contributed by atoms with Crippen LogP contribution in [0.2, 0.25) is 0 Å². The number of carbonyl (C=O) groups is 1. The molecule has 3 rings (SSSR count). The molecule has 1 amide bonds. The second-order valence-electron chi connectivity index (χ2n) is 4.68. The van der Waals surface area contributed by atoms with Crippen LogP contribution in [0.25, 0.3) is 0 Å². The Bertz CT molecular complexity index is 668. The molecule has 2 heterocycles. The van der Waals surface area contributed by atoms with Gasteiger partial charge in [0.05, 0.1) is 11.7 Å². The van der Waals surface area contributed by atoms with Crippen molar-refractivity contribution in [2.45, 2.75) is 18.9 Å². The molecule has 2 N–H and O–H groups in total. The summed E-state index contributed by atoms with van der Waals surface area (Å²) in [6.07, 6.45) is 2.01. The van der Waals surface area contributed by atoms with E-state index in [0.29, 0.717) is 11.6 Å². The monoisotopic (exact) mass is 414 g/mol. The maximum atomic E-state index is 12.2. The average molecular weight is 416 g/mol. The Kier molecular flexibility index (Phi) is 4.37. The van der Waals surface area contributed by atoms with Crippen LogP contribution in [0, 0.1) is 0 Å². The summed E-state index contributed by atoms with van der Waals surface area (Å²) in [6, 6.07) is 5.56. The van der Waals surface area contributed by atoms with Crippen LogP contribution in [0.1, 0.15) is 35.4 Å². The van der Waals surface area contributed by atoms with E-state index in [1.54, 1.807) is 6.07 Å². The first-order valence-electron chi connectivity index (χ1n) is 6.47. The third-order valence-corrected chi connectivity index (χ3v) is 4.36. The van der Waals surface area contributed by atoms with Gasteiger partial charge in [0.15, 0.2) is 0 Å². The molecule has 110 valence electrons. The van der Waals surface area contributed by atoms with E-state index in [-0.39, 0.29) is 11.9 Å². The molecule has 0 radical (unpaired) electrons. The summed E-state index contributed by atoms with van der Waals surface area (Å²) < 4.78 is 6.80. The van der Waals surface area contributed by atoms with Gasteiger partial charge in [-0.15, -0.1) is 0 Å². The van der Waals surface area contributed by atoms with Crippen molar-refractivity contribution in [1.29, 1.82) is 0 Å². The second-order valence-corrected chi connectivity index (χ2v) is 6.45. The molecule has 1 aromatic carbocycles. The van der Waals surface area contributed by atoms with Gasteiger partial charge in [-0.2, -0.15) is 4.98 Å². The molecule has 0 saturated carbocycles. The molecule has 0 spiro atoms. The highest BCUT2D eigenvalue weighted by molar-refractivity contribution is 9.11. The molecule has 1 saturated heterocycles. The van der Waals surface area contributed by atoms with Crippen LogP contribution in [0.15, 0.2) is 31.7 Å². The van der Waals surface area contributed by atoms with Gasteiger partial charge in [-0.25, -0.2) is 0 Å². The van der Waals surface area contributed by atoms with Crippen molar-refractivity contribution in [3.63, 3.8) is 0 Å². The number of halogens is 2. The van der Waals surface area contributed by atoms with Gasteiger partial charge in [0.25, 0.3) is 11.7 Å². The Labute approximate surface area is 137 Å². The fourth-order valence-electron chi connectivity index (χ4n) is 2.14. The van der Waals surface area contributed by atoms with Crippen molar-refractivity contribution < 1.29 is 9.32 Å². The zero-order chi connectivity index (χ0) is 14.8. The van der Waals surface area contributed by atoms with E-state index in [1.807, 2.05) is 12.1 Å². The van der Waals surface area contributed by atoms with Crippen LogP contribution in [-0.2, 0) is 0 Å². The third kappa shape index (κ3) is 3.33. The van der Waals surface area contributed by atoms with Crippen molar-refractivity contribution in [1.82, 2.24) is 15.5 Å². The summed E-state index contributed by atoms with van der Waals surface area (Å²) in [5, 5.41) is 9.74. The molecule has 8 heteroatoms. The Morgan fingerprint density at radius 2 is 2.29 bits per heavy atom. The quantitative estimate of drug-likeness (QED) is 0.803. The van der Waals surface area contributed by atoms with Gasteiger partial charge in [-0.1, -0.05) is 21.1 Å². The first-order chi connectivity index (χ1) is 10.1. The molecular formula is C13H12Br2N4O2. The van der Waals surface area contributed by atoms with Crippen LogP contribution in [0.5, 0.6) is 0 Å². The Morgan fingerprint density at radius 1 is 1.43 bits per heavy atom.